The molecule has 2 heterocycles. The van der Waals surface area contributed by atoms with Crippen LogP contribution in [0.2, 0.25) is 0 Å². The van der Waals surface area contributed by atoms with Crippen LogP contribution in [0.3, 0.4) is 0 Å². The van der Waals surface area contributed by atoms with E-state index in [1.807, 2.05) is 13.0 Å². The van der Waals surface area contributed by atoms with Crippen molar-refractivity contribution >= 4 is 43.4 Å². The zero-order valence-corrected chi connectivity index (χ0v) is 16.7. The number of aromatic nitrogens is 2. The number of hydrogen-bond acceptors (Lipinski definition) is 4. The zero-order chi connectivity index (χ0) is 18.3. The zero-order valence-electron chi connectivity index (χ0n) is 14.3. The van der Waals surface area contributed by atoms with Gasteiger partial charge in [-0.15, -0.1) is 11.3 Å². The number of benzene rings is 1. The summed E-state index contributed by atoms with van der Waals surface area (Å²) in [5.41, 5.74) is 4.18. The summed E-state index contributed by atoms with van der Waals surface area (Å²) >= 11 is 5.01. The van der Waals surface area contributed by atoms with Crippen molar-refractivity contribution in [2.24, 2.45) is 0 Å². The van der Waals surface area contributed by atoms with Gasteiger partial charge in [0.2, 0.25) is 0 Å². The summed E-state index contributed by atoms with van der Waals surface area (Å²) in [6.07, 6.45) is 4.74. The monoisotopic (exact) mass is 431 g/mol. The van der Waals surface area contributed by atoms with Crippen LogP contribution in [0.5, 0.6) is 0 Å². The first-order valence-corrected chi connectivity index (χ1v) is 10.3. The molecule has 0 radical (unpaired) electrons. The fraction of sp³-hybridized carbons (Fsp3) is 0.316. The van der Waals surface area contributed by atoms with Gasteiger partial charge in [0.05, 0.1) is 10.9 Å². The van der Waals surface area contributed by atoms with Crippen molar-refractivity contribution in [2.45, 2.75) is 39.0 Å². The fourth-order valence-corrected chi connectivity index (χ4v) is 5.14. The van der Waals surface area contributed by atoms with E-state index in [-0.39, 0.29) is 11.5 Å². The van der Waals surface area contributed by atoms with Crippen LogP contribution in [0.25, 0.3) is 10.2 Å². The Balaban J connectivity index is 1.84. The molecular formula is C19H18BrN3O2S. The molecule has 0 fully saturated rings. The van der Waals surface area contributed by atoms with Gasteiger partial charge in [0.25, 0.3) is 11.5 Å². The molecule has 0 aliphatic heterocycles. The summed E-state index contributed by atoms with van der Waals surface area (Å²) < 4.78 is 2.01. The summed E-state index contributed by atoms with van der Waals surface area (Å²) in [5.74, 6) is 0.237. The van der Waals surface area contributed by atoms with Gasteiger partial charge in [0, 0.05) is 15.8 Å². The minimum atomic E-state index is -0.334. The molecule has 0 unspecified atom stereocenters. The second-order valence-electron chi connectivity index (χ2n) is 6.33. The van der Waals surface area contributed by atoms with Gasteiger partial charge in [-0.05, 0) is 59.3 Å². The quantitative estimate of drug-likeness (QED) is 0.680. The highest BCUT2D eigenvalue weighted by Gasteiger charge is 2.22. The van der Waals surface area contributed by atoms with Crippen LogP contribution >= 0.6 is 27.3 Å². The minimum absolute atomic E-state index is 0.174. The standard InChI is InChI=1S/C19H18BrN3O2S/c1-2-15-21-18-16(12-8-4-6-10-14(12)26-18)19(25)23(15)22-17(24)11-7-3-5-9-13(11)20/h3,5,7,9H,2,4,6,8,10H2,1H3,(H,22,24). The molecule has 3 aromatic rings. The van der Waals surface area contributed by atoms with Crippen molar-refractivity contribution < 1.29 is 4.79 Å². The van der Waals surface area contributed by atoms with E-state index in [0.717, 1.165) is 36.1 Å². The lowest BCUT2D eigenvalue weighted by Gasteiger charge is -2.14. The van der Waals surface area contributed by atoms with Crippen molar-refractivity contribution in [2.75, 3.05) is 5.43 Å². The molecule has 134 valence electrons. The highest BCUT2D eigenvalue weighted by atomic mass is 79.9. The topological polar surface area (TPSA) is 64.0 Å². The molecule has 1 N–H and O–H groups in total. The maximum Gasteiger partial charge on any atom is 0.281 e. The number of thiophene rings is 1. The molecule has 0 saturated carbocycles. The van der Waals surface area contributed by atoms with E-state index in [1.54, 1.807) is 29.5 Å². The lowest BCUT2D eigenvalue weighted by Crippen LogP contribution is -2.36. The van der Waals surface area contributed by atoms with Crippen LogP contribution in [0.1, 0.15) is 46.4 Å². The fourth-order valence-electron chi connectivity index (χ4n) is 3.41. The maximum absolute atomic E-state index is 13.2. The van der Waals surface area contributed by atoms with Gasteiger partial charge in [-0.1, -0.05) is 19.1 Å². The molecule has 1 amide bonds. The number of fused-ring (bicyclic) bond motifs is 3. The number of hydrogen-bond donors (Lipinski definition) is 1. The lowest BCUT2D eigenvalue weighted by atomic mass is 9.97. The summed E-state index contributed by atoms with van der Waals surface area (Å²) in [4.78, 5) is 32.6. The Morgan fingerprint density at radius 3 is 2.85 bits per heavy atom. The van der Waals surface area contributed by atoms with Gasteiger partial charge < -0.3 is 0 Å². The minimum Gasteiger partial charge on any atom is -0.267 e. The largest absolute Gasteiger partial charge is 0.281 e. The van der Waals surface area contributed by atoms with Gasteiger partial charge in [-0.2, -0.15) is 0 Å². The first-order chi connectivity index (χ1) is 12.6. The SMILES string of the molecule is CCc1nc2sc3c(c2c(=O)n1NC(=O)c1ccccc1Br)CCCC3. The normalized spacial score (nSPS) is 13.6. The van der Waals surface area contributed by atoms with E-state index in [9.17, 15) is 9.59 Å². The van der Waals surface area contributed by atoms with E-state index < -0.39 is 0 Å². The number of nitrogens with zero attached hydrogens (tertiary/aromatic N) is 2. The van der Waals surface area contributed by atoms with Gasteiger partial charge in [0.15, 0.2) is 0 Å². The van der Waals surface area contributed by atoms with E-state index in [0.29, 0.717) is 27.7 Å². The molecular weight excluding hydrogens is 414 g/mol. The van der Waals surface area contributed by atoms with Crippen LogP contribution in [-0.4, -0.2) is 15.6 Å². The van der Waals surface area contributed by atoms with Crippen LogP contribution < -0.4 is 11.0 Å². The van der Waals surface area contributed by atoms with Crippen molar-refractivity contribution in [3.63, 3.8) is 0 Å². The summed E-state index contributed by atoms with van der Waals surface area (Å²) in [6.45, 7) is 1.93. The van der Waals surface area contributed by atoms with Crippen LogP contribution in [-0.2, 0) is 19.3 Å². The van der Waals surface area contributed by atoms with E-state index in [4.69, 9.17) is 0 Å². The van der Waals surface area contributed by atoms with Gasteiger partial charge in [0.1, 0.15) is 10.7 Å². The number of aryl methyl sites for hydroxylation is 3. The number of rotatable bonds is 3. The van der Waals surface area contributed by atoms with Crippen molar-refractivity contribution in [3.8, 4) is 0 Å². The third-order valence-electron chi connectivity index (χ3n) is 4.71. The number of halogens is 1. The Morgan fingerprint density at radius 2 is 2.08 bits per heavy atom. The average Bonchev–Trinajstić information content (AvgIpc) is 3.02. The highest BCUT2D eigenvalue weighted by molar-refractivity contribution is 9.10. The molecule has 0 spiro atoms. The Labute approximate surface area is 163 Å². The molecule has 0 saturated heterocycles. The molecule has 1 aromatic carbocycles. The molecule has 0 bridgehead atoms. The van der Waals surface area contributed by atoms with Gasteiger partial charge in [-0.25, -0.2) is 9.66 Å². The number of carbonyl (C=O) groups excluding carboxylic acids is 1. The molecule has 26 heavy (non-hydrogen) atoms. The molecule has 1 aliphatic carbocycles. The molecule has 2 aromatic heterocycles. The number of amides is 1. The summed E-state index contributed by atoms with van der Waals surface area (Å²) in [5, 5.41) is 0.675. The summed E-state index contributed by atoms with van der Waals surface area (Å²) in [6, 6.07) is 7.15. The highest BCUT2D eigenvalue weighted by Crippen LogP contribution is 2.33. The van der Waals surface area contributed by atoms with Crippen LogP contribution in [0.4, 0.5) is 0 Å². The van der Waals surface area contributed by atoms with E-state index in [2.05, 4.69) is 26.3 Å². The third kappa shape index (κ3) is 2.89. The Morgan fingerprint density at radius 1 is 1.31 bits per heavy atom. The molecule has 0 atom stereocenters. The lowest BCUT2D eigenvalue weighted by molar-refractivity contribution is 0.101. The Kier molecular flexibility index (Phi) is 4.67. The van der Waals surface area contributed by atoms with Crippen LogP contribution in [0, 0.1) is 0 Å². The summed E-state index contributed by atoms with van der Waals surface area (Å²) in [7, 11) is 0. The second kappa shape index (κ2) is 6.96. The van der Waals surface area contributed by atoms with Crippen LogP contribution in [0.15, 0.2) is 33.5 Å². The smallest absolute Gasteiger partial charge is 0.267 e. The molecule has 4 rings (SSSR count). The predicted molar refractivity (Wildman–Crippen MR) is 108 cm³/mol. The average molecular weight is 432 g/mol. The van der Waals surface area contributed by atoms with Crippen molar-refractivity contribution in [1.82, 2.24) is 9.66 Å². The first-order valence-electron chi connectivity index (χ1n) is 8.72. The molecule has 7 heteroatoms. The Bertz CT molecular complexity index is 1070. The molecule has 5 nitrogen and oxygen atoms in total. The number of carbonyl (C=O) groups is 1. The van der Waals surface area contributed by atoms with Crippen molar-refractivity contribution in [1.29, 1.82) is 0 Å². The van der Waals surface area contributed by atoms with E-state index >= 15 is 0 Å². The van der Waals surface area contributed by atoms with Gasteiger partial charge >= 0.3 is 0 Å². The van der Waals surface area contributed by atoms with Crippen molar-refractivity contribution in [3.05, 3.63) is 60.9 Å². The van der Waals surface area contributed by atoms with E-state index in [1.165, 1.54) is 9.55 Å². The number of nitrogens with one attached hydrogen (secondary N) is 1. The third-order valence-corrected chi connectivity index (χ3v) is 6.58. The second-order valence-corrected chi connectivity index (χ2v) is 8.27. The Hall–Kier alpha value is -1.99. The predicted octanol–water partition coefficient (Wildman–Crippen LogP) is 4.05. The molecule has 1 aliphatic rings. The first kappa shape index (κ1) is 17.4. The van der Waals surface area contributed by atoms with Gasteiger partial charge in [-0.3, -0.25) is 15.0 Å². The maximum atomic E-state index is 13.2.